The molecule has 0 radical (unpaired) electrons. The molecule has 2 N–H and O–H groups in total. The maximum absolute atomic E-state index is 11.4. The second kappa shape index (κ2) is 4.16. The van der Waals surface area contributed by atoms with Crippen LogP contribution in [0.25, 0.3) is 0 Å². The van der Waals surface area contributed by atoms with Crippen molar-refractivity contribution in [2.45, 2.75) is 33.6 Å². The van der Waals surface area contributed by atoms with Crippen molar-refractivity contribution < 1.29 is 14.4 Å². The molecule has 0 bridgehead atoms. The Morgan fingerprint density at radius 2 is 1.69 bits per heavy atom. The molecule has 0 saturated carbocycles. The Kier molecular flexibility index (Phi) is 3.78. The Morgan fingerprint density at radius 3 is 2.00 bits per heavy atom. The van der Waals surface area contributed by atoms with Gasteiger partial charge in [-0.05, 0) is 6.42 Å². The van der Waals surface area contributed by atoms with Gasteiger partial charge in [0.15, 0.2) is 0 Å². The molecule has 13 heavy (non-hydrogen) atoms. The lowest BCUT2D eigenvalue weighted by Crippen LogP contribution is -2.31. The van der Waals surface area contributed by atoms with Gasteiger partial charge >= 0.3 is 0 Å². The molecule has 0 aliphatic carbocycles. The number of amides is 1. The van der Waals surface area contributed by atoms with Crippen molar-refractivity contribution >= 4 is 17.5 Å². The van der Waals surface area contributed by atoms with E-state index in [1.54, 1.807) is 13.8 Å². The second-order valence-electron chi connectivity index (χ2n) is 3.62. The van der Waals surface area contributed by atoms with Crippen molar-refractivity contribution in [3.05, 3.63) is 0 Å². The molecular weight excluding hydrogens is 170 g/mol. The Labute approximate surface area is 77.5 Å². The van der Waals surface area contributed by atoms with Gasteiger partial charge in [-0.15, -0.1) is 0 Å². The van der Waals surface area contributed by atoms with Gasteiger partial charge in [-0.2, -0.15) is 0 Å². The van der Waals surface area contributed by atoms with E-state index in [9.17, 15) is 14.4 Å². The van der Waals surface area contributed by atoms with Crippen LogP contribution in [0.2, 0.25) is 0 Å². The van der Waals surface area contributed by atoms with E-state index in [1.807, 2.05) is 6.92 Å². The lowest BCUT2D eigenvalue weighted by Gasteiger charge is -2.19. The van der Waals surface area contributed by atoms with Gasteiger partial charge in [0, 0.05) is 5.41 Å². The van der Waals surface area contributed by atoms with E-state index in [1.165, 1.54) is 0 Å². The summed E-state index contributed by atoms with van der Waals surface area (Å²) in [5, 5.41) is 0. The summed E-state index contributed by atoms with van der Waals surface area (Å²) in [6.07, 6.45) is 0.258. The average Bonchev–Trinajstić information content (AvgIpc) is 2.04. The molecule has 0 rings (SSSR count). The number of ketones is 2. The summed E-state index contributed by atoms with van der Waals surface area (Å²) in [5.41, 5.74) is 4.18. The maximum atomic E-state index is 11.4. The van der Waals surface area contributed by atoms with Crippen molar-refractivity contribution in [2.24, 2.45) is 11.1 Å². The summed E-state index contributed by atoms with van der Waals surface area (Å²) >= 11 is 0. The third-order valence-electron chi connectivity index (χ3n) is 2.23. The molecule has 0 aromatic rings. The zero-order chi connectivity index (χ0) is 10.6. The van der Waals surface area contributed by atoms with Crippen LogP contribution in [0.15, 0.2) is 0 Å². The fraction of sp³-hybridized carbons (Fsp3) is 0.667. The lowest BCUT2D eigenvalue weighted by molar-refractivity contribution is -0.140. The van der Waals surface area contributed by atoms with Gasteiger partial charge in [0.2, 0.25) is 5.78 Å². The summed E-state index contributed by atoms with van der Waals surface area (Å²) in [7, 11) is 0. The average molecular weight is 185 g/mol. The Morgan fingerprint density at radius 1 is 1.23 bits per heavy atom. The van der Waals surface area contributed by atoms with Crippen molar-refractivity contribution in [2.75, 3.05) is 0 Å². The number of hydrogen-bond donors (Lipinski definition) is 1. The van der Waals surface area contributed by atoms with Crippen LogP contribution >= 0.6 is 0 Å². The fourth-order valence-electron chi connectivity index (χ4n) is 0.669. The molecule has 1 amide bonds. The molecular formula is C9H15NO3. The first-order valence-corrected chi connectivity index (χ1v) is 4.17. The Balaban J connectivity index is 4.32. The lowest BCUT2D eigenvalue weighted by atomic mass is 9.83. The first-order chi connectivity index (χ1) is 5.81. The number of hydrogen-bond acceptors (Lipinski definition) is 3. The third-order valence-corrected chi connectivity index (χ3v) is 2.23. The number of Topliss-reactive ketones (excluding diaryl/α,β-unsaturated/α-hetero) is 2. The van der Waals surface area contributed by atoms with Gasteiger partial charge in [-0.3, -0.25) is 14.4 Å². The van der Waals surface area contributed by atoms with Crippen LogP contribution in [-0.2, 0) is 14.4 Å². The van der Waals surface area contributed by atoms with E-state index in [-0.39, 0.29) is 12.2 Å². The summed E-state index contributed by atoms with van der Waals surface area (Å²) in [4.78, 5) is 32.6. The van der Waals surface area contributed by atoms with Gasteiger partial charge in [0.25, 0.3) is 5.91 Å². The third kappa shape index (κ3) is 3.36. The van der Waals surface area contributed by atoms with Crippen LogP contribution in [0.1, 0.15) is 33.6 Å². The fourth-order valence-corrected chi connectivity index (χ4v) is 0.669. The molecule has 0 spiro atoms. The molecule has 0 heterocycles. The van der Waals surface area contributed by atoms with Gasteiger partial charge in [0.05, 0.1) is 6.42 Å². The van der Waals surface area contributed by atoms with Crippen molar-refractivity contribution in [1.82, 2.24) is 0 Å². The SMILES string of the molecule is CCC(C)(C)C(=O)CC(=O)C(N)=O. The number of carbonyl (C=O) groups excluding carboxylic acids is 3. The molecule has 0 saturated heterocycles. The van der Waals surface area contributed by atoms with Crippen LogP contribution in [0.5, 0.6) is 0 Å². The first kappa shape index (κ1) is 11.8. The van der Waals surface area contributed by atoms with Crippen molar-refractivity contribution in [1.29, 1.82) is 0 Å². The van der Waals surface area contributed by atoms with Gasteiger partial charge in [0.1, 0.15) is 5.78 Å². The van der Waals surface area contributed by atoms with Crippen molar-refractivity contribution in [3.63, 3.8) is 0 Å². The highest BCUT2D eigenvalue weighted by atomic mass is 16.2. The first-order valence-electron chi connectivity index (χ1n) is 4.17. The van der Waals surface area contributed by atoms with Crippen LogP contribution in [-0.4, -0.2) is 17.5 Å². The molecule has 0 aliphatic rings. The van der Waals surface area contributed by atoms with Gasteiger partial charge < -0.3 is 5.73 Å². The largest absolute Gasteiger partial charge is 0.363 e. The molecule has 0 fully saturated rings. The zero-order valence-corrected chi connectivity index (χ0v) is 8.22. The van der Waals surface area contributed by atoms with Crippen LogP contribution in [0, 0.1) is 5.41 Å². The smallest absolute Gasteiger partial charge is 0.285 e. The molecule has 74 valence electrons. The van der Waals surface area contributed by atoms with E-state index >= 15 is 0 Å². The summed E-state index contributed by atoms with van der Waals surface area (Å²) in [5.74, 6) is -2.09. The van der Waals surface area contributed by atoms with E-state index < -0.39 is 17.1 Å². The van der Waals surface area contributed by atoms with E-state index in [0.29, 0.717) is 6.42 Å². The van der Waals surface area contributed by atoms with Gasteiger partial charge in [-0.1, -0.05) is 20.8 Å². The molecule has 0 atom stereocenters. The van der Waals surface area contributed by atoms with E-state index in [2.05, 4.69) is 0 Å². The second-order valence-corrected chi connectivity index (χ2v) is 3.62. The summed E-state index contributed by atoms with van der Waals surface area (Å²) < 4.78 is 0. The Bertz CT molecular complexity index is 243. The monoisotopic (exact) mass is 185 g/mol. The minimum atomic E-state index is -1.04. The molecule has 0 aliphatic heterocycles. The van der Waals surface area contributed by atoms with E-state index in [0.717, 1.165) is 0 Å². The number of rotatable bonds is 5. The van der Waals surface area contributed by atoms with Gasteiger partial charge in [-0.25, -0.2) is 0 Å². The summed E-state index contributed by atoms with van der Waals surface area (Å²) in [6.45, 7) is 5.33. The molecule has 4 heteroatoms. The van der Waals surface area contributed by atoms with Crippen molar-refractivity contribution in [3.8, 4) is 0 Å². The number of primary amides is 1. The van der Waals surface area contributed by atoms with Crippen LogP contribution < -0.4 is 5.73 Å². The Hall–Kier alpha value is -1.19. The minimum absolute atomic E-state index is 0.237. The number of carbonyl (C=O) groups is 3. The van der Waals surface area contributed by atoms with Crippen LogP contribution in [0.4, 0.5) is 0 Å². The van der Waals surface area contributed by atoms with Crippen LogP contribution in [0.3, 0.4) is 0 Å². The zero-order valence-electron chi connectivity index (χ0n) is 8.22. The standard InChI is InChI=1S/C9H15NO3/c1-4-9(2,3)7(12)5-6(11)8(10)13/h4-5H2,1-3H3,(H2,10,13). The summed E-state index contributed by atoms with van der Waals surface area (Å²) in [6, 6.07) is 0. The minimum Gasteiger partial charge on any atom is -0.363 e. The molecule has 0 unspecified atom stereocenters. The highest BCUT2D eigenvalue weighted by Crippen LogP contribution is 2.22. The molecule has 0 aromatic heterocycles. The number of nitrogens with two attached hydrogens (primary N) is 1. The topological polar surface area (TPSA) is 77.2 Å². The maximum Gasteiger partial charge on any atom is 0.285 e. The highest BCUT2D eigenvalue weighted by Gasteiger charge is 2.28. The molecule has 4 nitrogen and oxygen atoms in total. The predicted octanol–water partition coefficient (Wildman–Crippen LogP) is 0.436. The van der Waals surface area contributed by atoms with E-state index in [4.69, 9.17) is 5.73 Å². The normalized spacial score (nSPS) is 11.0. The predicted molar refractivity (Wildman–Crippen MR) is 47.9 cm³/mol. The molecule has 0 aromatic carbocycles. The highest BCUT2D eigenvalue weighted by molar-refractivity contribution is 6.39. The quantitative estimate of drug-likeness (QED) is 0.498.